The van der Waals surface area contributed by atoms with Crippen LogP contribution in [-0.2, 0) is 4.79 Å². The predicted octanol–water partition coefficient (Wildman–Crippen LogP) is 2.07. The van der Waals surface area contributed by atoms with Crippen molar-refractivity contribution < 1.29 is 14.0 Å². The zero-order valence-electron chi connectivity index (χ0n) is 14.7. The summed E-state index contributed by atoms with van der Waals surface area (Å²) in [4.78, 5) is 25.5. The van der Waals surface area contributed by atoms with Crippen molar-refractivity contribution in [3.05, 3.63) is 65.6 Å². The van der Waals surface area contributed by atoms with E-state index in [-0.39, 0.29) is 17.9 Å². The van der Waals surface area contributed by atoms with Crippen LogP contribution < -0.4 is 10.6 Å². The third-order valence-corrected chi connectivity index (χ3v) is 3.79. The fourth-order valence-corrected chi connectivity index (χ4v) is 2.34. The van der Waals surface area contributed by atoms with Crippen LogP contribution >= 0.6 is 0 Å². The summed E-state index contributed by atoms with van der Waals surface area (Å²) < 4.78 is 5.41. The second-order valence-corrected chi connectivity index (χ2v) is 5.77. The van der Waals surface area contributed by atoms with Crippen molar-refractivity contribution in [3.63, 3.8) is 0 Å². The first-order valence-electron chi connectivity index (χ1n) is 7.99. The quantitative estimate of drug-likeness (QED) is 0.756. The molecule has 0 aliphatic rings. The zero-order chi connectivity index (χ0) is 18.2. The van der Waals surface area contributed by atoms with E-state index in [1.807, 2.05) is 31.1 Å². The second-order valence-electron chi connectivity index (χ2n) is 5.77. The van der Waals surface area contributed by atoms with Gasteiger partial charge in [-0.05, 0) is 50.0 Å². The number of carbonyl (C=O) groups is 2. The first kappa shape index (κ1) is 18.5. The van der Waals surface area contributed by atoms with Crippen LogP contribution in [0.2, 0.25) is 0 Å². The monoisotopic (exact) mass is 341 g/mol. The van der Waals surface area contributed by atoms with Crippen molar-refractivity contribution in [1.29, 1.82) is 0 Å². The number of nitrogens with zero attached hydrogens (tertiary/aromatic N) is 1. The fraction of sp³-hybridized carbons (Fsp3) is 0.263. The van der Waals surface area contributed by atoms with E-state index in [1.54, 1.807) is 43.7 Å². The van der Waals surface area contributed by atoms with E-state index in [2.05, 4.69) is 10.6 Å². The number of nitrogens with one attached hydrogen (secondary N) is 2. The van der Waals surface area contributed by atoms with Crippen LogP contribution in [0.25, 0.3) is 6.08 Å². The molecule has 2 aromatic rings. The average molecular weight is 341 g/mol. The van der Waals surface area contributed by atoms with Crippen LogP contribution in [0, 0.1) is 0 Å². The van der Waals surface area contributed by atoms with E-state index in [9.17, 15) is 9.59 Å². The first-order chi connectivity index (χ1) is 12.0. The van der Waals surface area contributed by atoms with Crippen LogP contribution in [-0.4, -0.2) is 44.4 Å². The molecule has 0 aliphatic carbocycles. The molecule has 0 saturated carbocycles. The van der Waals surface area contributed by atoms with E-state index in [0.717, 1.165) is 11.3 Å². The van der Waals surface area contributed by atoms with Gasteiger partial charge in [0.2, 0.25) is 5.91 Å². The normalized spacial score (nSPS) is 12.3. The molecule has 2 amide bonds. The Kier molecular flexibility index (Phi) is 6.54. The summed E-state index contributed by atoms with van der Waals surface area (Å²) in [5, 5.41) is 5.44. The molecule has 6 heteroatoms. The molecular formula is C19H23N3O3. The number of furan rings is 1. The lowest BCUT2D eigenvalue weighted by molar-refractivity contribution is -0.116. The van der Waals surface area contributed by atoms with Crippen molar-refractivity contribution >= 4 is 17.9 Å². The van der Waals surface area contributed by atoms with Gasteiger partial charge >= 0.3 is 0 Å². The van der Waals surface area contributed by atoms with Gasteiger partial charge in [0.15, 0.2) is 0 Å². The van der Waals surface area contributed by atoms with Gasteiger partial charge in [0.05, 0.1) is 12.3 Å². The van der Waals surface area contributed by atoms with Crippen molar-refractivity contribution in [1.82, 2.24) is 15.5 Å². The molecule has 1 unspecified atom stereocenters. The van der Waals surface area contributed by atoms with Gasteiger partial charge in [0, 0.05) is 25.2 Å². The molecule has 132 valence electrons. The zero-order valence-corrected chi connectivity index (χ0v) is 14.7. The molecule has 0 aliphatic heterocycles. The minimum absolute atomic E-state index is 0.0285. The summed E-state index contributed by atoms with van der Waals surface area (Å²) in [5.41, 5.74) is 1.43. The summed E-state index contributed by atoms with van der Waals surface area (Å²) in [7, 11) is 5.45. The van der Waals surface area contributed by atoms with Gasteiger partial charge in [-0.2, -0.15) is 0 Å². The van der Waals surface area contributed by atoms with Crippen molar-refractivity contribution in [2.75, 3.05) is 27.7 Å². The molecule has 1 aromatic carbocycles. The smallest absolute Gasteiger partial charge is 0.251 e. The lowest BCUT2D eigenvalue weighted by Gasteiger charge is -2.22. The van der Waals surface area contributed by atoms with Gasteiger partial charge in [0.25, 0.3) is 5.91 Å². The minimum atomic E-state index is -0.186. The molecule has 6 nitrogen and oxygen atoms in total. The topological polar surface area (TPSA) is 74.6 Å². The summed E-state index contributed by atoms with van der Waals surface area (Å²) in [6.45, 7) is 0.444. The largest absolute Gasteiger partial charge is 0.468 e. The Labute approximate surface area is 147 Å². The van der Waals surface area contributed by atoms with Gasteiger partial charge in [-0.15, -0.1) is 0 Å². The molecule has 0 spiro atoms. The molecule has 0 fully saturated rings. The maximum atomic E-state index is 12.0. The predicted molar refractivity (Wildman–Crippen MR) is 97.0 cm³/mol. The van der Waals surface area contributed by atoms with Crippen molar-refractivity contribution in [2.45, 2.75) is 6.04 Å². The second kappa shape index (κ2) is 8.84. The highest BCUT2D eigenvalue weighted by Gasteiger charge is 2.17. The molecule has 25 heavy (non-hydrogen) atoms. The Morgan fingerprint density at radius 2 is 1.92 bits per heavy atom. The molecule has 0 radical (unpaired) electrons. The lowest BCUT2D eigenvalue weighted by atomic mass is 10.1. The van der Waals surface area contributed by atoms with Gasteiger partial charge < -0.3 is 15.1 Å². The highest BCUT2D eigenvalue weighted by molar-refractivity contribution is 5.94. The summed E-state index contributed by atoms with van der Waals surface area (Å²) in [5.74, 6) is 0.480. The Morgan fingerprint density at radius 3 is 2.48 bits per heavy atom. The average Bonchev–Trinajstić information content (AvgIpc) is 3.14. The Bertz CT molecular complexity index is 719. The molecule has 1 heterocycles. The Balaban J connectivity index is 1.91. The number of benzene rings is 1. The maximum Gasteiger partial charge on any atom is 0.251 e. The third kappa shape index (κ3) is 5.32. The number of hydrogen-bond acceptors (Lipinski definition) is 4. The van der Waals surface area contributed by atoms with Crippen LogP contribution in [0.5, 0.6) is 0 Å². The van der Waals surface area contributed by atoms with Crippen LogP contribution in [0.3, 0.4) is 0 Å². The van der Waals surface area contributed by atoms with Crippen LogP contribution in [0.1, 0.15) is 27.7 Å². The number of likely N-dealkylation sites (N-methyl/N-ethyl adjacent to an activating group) is 1. The Morgan fingerprint density at radius 1 is 1.20 bits per heavy atom. The summed E-state index contributed by atoms with van der Waals surface area (Å²) in [6, 6.07) is 10.7. The fourth-order valence-electron chi connectivity index (χ4n) is 2.34. The summed E-state index contributed by atoms with van der Waals surface area (Å²) >= 11 is 0. The summed E-state index contributed by atoms with van der Waals surface area (Å²) in [6.07, 6.45) is 4.81. The van der Waals surface area contributed by atoms with Crippen LogP contribution in [0.4, 0.5) is 0 Å². The third-order valence-electron chi connectivity index (χ3n) is 3.79. The minimum Gasteiger partial charge on any atom is -0.468 e. The van der Waals surface area contributed by atoms with Gasteiger partial charge in [-0.3, -0.25) is 14.5 Å². The molecule has 2 rings (SSSR count). The van der Waals surface area contributed by atoms with E-state index >= 15 is 0 Å². The number of hydrogen-bond donors (Lipinski definition) is 2. The van der Waals surface area contributed by atoms with E-state index in [0.29, 0.717) is 12.1 Å². The molecule has 0 bridgehead atoms. The van der Waals surface area contributed by atoms with E-state index in [1.165, 1.54) is 6.08 Å². The standard InChI is InChI=1S/C19H23N3O3/c1-20-19(24)15-9-6-14(7-10-15)8-11-18(23)21-13-16(22(2)3)17-5-4-12-25-17/h4-12,16H,13H2,1-3H3,(H,20,24)(H,21,23)/b11-8+. The van der Waals surface area contributed by atoms with Crippen molar-refractivity contribution in [2.24, 2.45) is 0 Å². The van der Waals surface area contributed by atoms with Crippen molar-refractivity contribution in [3.8, 4) is 0 Å². The number of carbonyl (C=O) groups excluding carboxylic acids is 2. The number of amides is 2. The van der Waals surface area contributed by atoms with Gasteiger partial charge in [-0.25, -0.2) is 0 Å². The molecule has 1 atom stereocenters. The van der Waals surface area contributed by atoms with Crippen LogP contribution in [0.15, 0.2) is 53.2 Å². The highest BCUT2D eigenvalue weighted by atomic mass is 16.3. The number of rotatable bonds is 7. The molecular weight excluding hydrogens is 318 g/mol. The van der Waals surface area contributed by atoms with Gasteiger partial charge in [-0.1, -0.05) is 12.1 Å². The lowest BCUT2D eigenvalue weighted by Crippen LogP contribution is -2.33. The Hall–Kier alpha value is -2.86. The molecule has 1 aromatic heterocycles. The SMILES string of the molecule is CNC(=O)c1ccc(/C=C/C(=O)NCC(c2ccco2)N(C)C)cc1. The molecule has 2 N–H and O–H groups in total. The van der Waals surface area contributed by atoms with Gasteiger partial charge in [0.1, 0.15) is 5.76 Å². The maximum absolute atomic E-state index is 12.0. The van der Waals surface area contributed by atoms with E-state index in [4.69, 9.17) is 4.42 Å². The first-order valence-corrected chi connectivity index (χ1v) is 7.99. The molecule has 0 saturated heterocycles. The van der Waals surface area contributed by atoms with E-state index < -0.39 is 0 Å². The highest BCUT2D eigenvalue weighted by Crippen LogP contribution is 2.17.